The van der Waals surface area contributed by atoms with Gasteiger partial charge in [-0.1, -0.05) is 37.3 Å². The number of hydrogen-bond acceptors (Lipinski definition) is 5. The van der Waals surface area contributed by atoms with E-state index >= 15 is 0 Å². The highest BCUT2D eigenvalue weighted by Gasteiger charge is 2.41. The lowest BCUT2D eigenvalue weighted by Gasteiger charge is -2.36. The van der Waals surface area contributed by atoms with Crippen LogP contribution in [0.25, 0.3) is 0 Å². The fraction of sp³-hybridized carbons (Fsp3) is 0.583. The molecule has 6 nitrogen and oxygen atoms in total. The number of aliphatic imine (C=N–C) groups is 1. The Labute approximate surface area is 190 Å². The standard InChI is InChI=1S/C24H35N5OS/c1-4-20-18(3)31-23(27-20)11-12-26-24(25-5-2)29-16-21-22(17-29)30-14-13-28(21)15-19-9-7-6-8-10-19/h6-10,21-22H,4-5,11-17H2,1-3H3,(H,25,26). The van der Waals surface area contributed by atoms with E-state index in [1.165, 1.54) is 21.1 Å². The minimum absolute atomic E-state index is 0.245. The first-order chi connectivity index (χ1) is 15.2. The summed E-state index contributed by atoms with van der Waals surface area (Å²) < 4.78 is 6.16. The minimum atomic E-state index is 0.245. The summed E-state index contributed by atoms with van der Waals surface area (Å²) in [6, 6.07) is 11.2. The first-order valence-electron chi connectivity index (χ1n) is 11.6. The van der Waals surface area contributed by atoms with E-state index in [4.69, 9.17) is 14.7 Å². The zero-order chi connectivity index (χ0) is 21.6. The monoisotopic (exact) mass is 441 g/mol. The lowest BCUT2D eigenvalue weighted by atomic mass is 10.1. The maximum absolute atomic E-state index is 6.16. The van der Waals surface area contributed by atoms with Gasteiger partial charge in [-0.05, 0) is 25.8 Å². The summed E-state index contributed by atoms with van der Waals surface area (Å²) in [5.74, 6) is 1.00. The molecule has 2 unspecified atom stereocenters. The van der Waals surface area contributed by atoms with Gasteiger partial charge in [0.15, 0.2) is 5.96 Å². The van der Waals surface area contributed by atoms with Crippen molar-refractivity contribution in [2.75, 3.05) is 39.3 Å². The Hall–Kier alpha value is -1.96. The molecule has 0 aliphatic carbocycles. The van der Waals surface area contributed by atoms with Crippen LogP contribution >= 0.6 is 11.3 Å². The Kier molecular flexibility index (Phi) is 7.58. The van der Waals surface area contributed by atoms with E-state index in [9.17, 15) is 0 Å². The molecule has 0 spiro atoms. The summed E-state index contributed by atoms with van der Waals surface area (Å²) in [5, 5.41) is 4.69. The van der Waals surface area contributed by atoms with Crippen LogP contribution in [0.2, 0.25) is 0 Å². The van der Waals surface area contributed by atoms with Gasteiger partial charge in [0.25, 0.3) is 0 Å². The van der Waals surface area contributed by atoms with E-state index in [1.54, 1.807) is 0 Å². The molecule has 2 aromatic rings. The van der Waals surface area contributed by atoms with Gasteiger partial charge in [-0.3, -0.25) is 9.89 Å². The highest BCUT2D eigenvalue weighted by molar-refractivity contribution is 7.11. The molecule has 31 heavy (non-hydrogen) atoms. The molecule has 0 radical (unpaired) electrons. The molecule has 3 heterocycles. The van der Waals surface area contributed by atoms with Gasteiger partial charge in [0.05, 0.1) is 29.5 Å². The first-order valence-corrected chi connectivity index (χ1v) is 12.4. The number of fused-ring (bicyclic) bond motifs is 1. The molecule has 0 bridgehead atoms. The van der Waals surface area contributed by atoms with E-state index in [2.05, 4.69) is 66.2 Å². The average molecular weight is 442 g/mol. The third kappa shape index (κ3) is 5.45. The van der Waals surface area contributed by atoms with Crippen LogP contribution in [0.4, 0.5) is 0 Å². The predicted octanol–water partition coefficient (Wildman–Crippen LogP) is 3.11. The number of aromatic nitrogens is 1. The number of thiazole rings is 1. The van der Waals surface area contributed by atoms with Crippen molar-refractivity contribution in [3.8, 4) is 0 Å². The molecule has 2 aliphatic rings. The molecular weight excluding hydrogens is 406 g/mol. The molecule has 2 saturated heterocycles. The van der Waals surface area contributed by atoms with E-state index in [1.807, 2.05) is 11.3 Å². The average Bonchev–Trinajstić information content (AvgIpc) is 3.37. The Morgan fingerprint density at radius 2 is 2.10 bits per heavy atom. The molecule has 4 rings (SSSR count). The van der Waals surface area contributed by atoms with Crippen molar-refractivity contribution in [1.29, 1.82) is 0 Å². The zero-order valence-corrected chi connectivity index (χ0v) is 19.8. The number of aryl methyl sites for hydroxylation is 2. The molecular formula is C24H35N5OS. The number of nitrogens with one attached hydrogen (secondary N) is 1. The number of hydrogen-bond donors (Lipinski definition) is 1. The van der Waals surface area contributed by atoms with Gasteiger partial charge < -0.3 is 15.0 Å². The maximum Gasteiger partial charge on any atom is 0.194 e. The molecule has 1 aromatic heterocycles. The Bertz CT molecular complexity index is 868. The predicted molar refractivity (Wildman–Crippen MR) is 128 cm³/mol. The van der Waals surface area contributed by atoms with Gasteiger partial charge in [0.2, 0.25) is 0 Å². The number of morpholine rings is 1. The lowest BCUT2D eigenvalue weighted by molar-refractivity contribution is -0.0502. The fourth-order valence-corrected chi connectivity index (χ4v) is 5.56. The van der Waals surface area contributed by atoms with Crippen molar-refractivity contribution in [1.82, 2.24) is 20.1 Å². The Balaban J connectivity index is 1.39. The summed E-state index contributed by atoms with van der Waals surface area (Å²) in [4.78, 5) is 16.0. The highest BCUT2D eigenvalue weighted by Crippen LogP contribution is 2.25. The van der Waals surface area contributed by atoms with Crippen molar-refractivity contribution in [2.24, 2.45) is 4.99 Å². The van der Waals surface area contributed by atoms with Gasteiger partial charge in [-0.15, -0.1) is 11.3 Å². The molecule has 2 atom stereocenters. The third-order valence-electron chi connectivity index (χ3n) is 6.14. The first kappa shape index (κ1) is 22.2. The van der Waals surface area contributed by atoms with Gasteiger partial charge in [-0.25, -0.2) is 4.98 Å². The van der Waals surface area contributed by atoms with Gasteiger partial charge in [-0.2, -0.15) is 0 Å². The fourth-order valence-electron chi connectivity index (χ4n) is 4.55. The second-order valence-corrected chi connectivity index (χ2v) is 9.58. The van der Waals surface area contributed by atoms with Crippen molar-refractivity contribution in [3.05, 3.63) is 51.5 Å². The summed E-state index contributed by atoms with van der Waals surface area (Å²) >= 11 is 1.81. The molecule has 2 fully saturated rings. The largest absolute Gasteiger partial charge is 0.373 e. The Morgan fingerprint density at radius 1 is 1.26 bits per heavy atom. The van der Waals surface area contributed by atoms with Crippen LogP contribution < -0.4 is 5.32 Å². The van der Waals surface area contributed by atoms with Crippen LogP contribution in [0.3, 0.4) is 0 Å². The summed E-state index contributed by atoms with van der Waals surface area (Å²) in [6.45, 7) is 12.7. The van der Waals surface area contributed by atoms with Crippen LogP contribution in [0.15, 0.2) is 35.3 Å². The number of likely N-dealkylation sites (tertiary alicyclic amines) is 1. The highest BCUT2D eigenvalue weighted by atomic mass is 32.1. The van der Waals surface area contributed by atoms with Crippen LogP contribution in [0, 0.1) is 6.92 Å². The zero-order valence-electron chi connectivity index (χ0n) is 19.0. The van der Waals surface area contributed by atoms with E-state index < -0.39 is 0 Å². The number of benzene rings is 1. The van der Waals surface area contributed by atoms with Crippen LogP contribution in [0.5, 0.6) is 0 Å². The molecule has 7 heteroatoms. The van der Waals surface area contributed by atoms with E-state index in [0.29, 0.717) is 6.04 Å². The summed E-state index contributed by atoms with van der Waals surface area (Å²) in [6.07, 6.45) is 2.15. The third-order valence-corrected chi connectivity index (χ3v) is 7.21. The smallest absolute Gasteiger partial charge is 0.194 e. The lowest BCUT2D eigenvalue weighted by Crippen LogP contribution is -2.50. The summed E-state index contributed by atoms with van der Waals surface area (Å²) in [7, 11) is 0. The van der Waals surface area contributed by atoms with Crippen molar-refractivity contribution in [3.63, 3.8) is 0 Å². The molecule has 0 amide bonds. The SMILES string of the molecule is CCNC(=NCCc1nc(CC)c(C)s1)N1CC2OCCN(Cc3ccccc3)C2C1. The normalized spacial score (nSPS) is 22.0. The van der Waals surface area contributed by atoms with Crippen molar-refractivity contribution < 1.29 is 4.74 Å². The number of guanidine groups is 1. The van der Waals surface area contributed by atoms with Crippen LogP contribution in [-0.4, -0.2) is 72.2 Å². The molecule has 168 valence electrons. The molecule has 2 aliphatic heterocycles. The number of nitrogens with zero attached hydrogens (tertiary/aromatic N) is 4. The van der Waals surface area contributed by atoms with Gasteiger partial charge >= 0.3 is 0 Å². The van der Waals surface area contributed by atoms with E-state index in [0.717, 1.165) is 64.7 Å². The van der Waals surface area contributed by atoms with Gasteiger partial charge in [0, 0.05) is 50.6 Å². The number of ether oxygens (including phenoxy) is 1. The second-order valence-electron chi connectivity index (χ2n) is 8.29. The second kappa shape index (κ2) is 10.6. The van der Waals surface area contributed by atoms with Gasteiger partial charge in [0.1, 0.15) is 0 Å². The van der Waals surface area contributed by atoms with E-state index in [-0.39, 0.29) is 6.10 Å². The quantitative estimate of drug-likeness (QED) is 0.529. The van der Waals surface area contributed by atoms with Crippen LogP contribution in [-0.2, 0) is 24.1 Å². The van der Waals surface area contributed by atoms with Crippen molar-refractivity contribution >= 4 is 17.3 Å². The topological polar surface area (TPSA) is 53.0 Å². The van der Waals surface area contributed by atoms with Crippen LogP contribution in [0.1, 0.15) is 35.0 Å². The molecule has 1 aromatic carbocycles. The molecule has 1 N–H and O–H groups in total. The number of rotatable bonds is 7. The van der Waals surface area contributed by atoms with Crippen molar-refractivity contribution in [2.45, 2.75) is 52.3 Å². The summed E-state index contributed by atoms with van der Waals surface area (Å²) in [5.41, 5.74) is 2.60. The maximum atomic E-state index is 6.16. The Morgan fingerprint density at radius 3 is 2.84 bits per heavy atom. The minimum Gasteiger partial charge on any atom is -0.373 e. The molecule has 0 saturated carbocycles.